The normalized spacial score (nSPS) is 15.2. The third kappa shape index (κ3) is 3.48. The zero-order chi connectivity index (χ0) is 20.8. The number of hydrogen-bond donors (Lipinski definition) is 1. The van der Waals surface area contributed by atoms with Crippen molar-refractivity contribution in [1.82, 2.24) is 5.16 Å². The van der Waals surface area contributed by atoms with Crippen molar-refractivity contribution in [3.63, 3.8) is 0 Å². The molecule has 1 amide bonds. The maximum Gasteiger partial charge on any atom is 0.419 e. The van der Waals surface area contributed by atoms with Gasteiger partial charge in [-0.15, -0.1) is 0 Å². The number of hydrogen-bond acceptors (Lipinski definition) is 3. The first-order valence-corrected chi connectivity index (χ1v) is 8.61. The number of benzene rings is 2. The van der Waals surface area contributed by atoms with Gasteiger partial charge >= 0.3 is 6.18 Å². The fourth-order valence-corrected chi connectivity index (χ4v) is 3.08. The molecule has 4 rings (SSSR count). The molecule has 9 heteroatoms. The molecule has 1 N–H and O–H groups in total. The lowest BCUT2D eigenvalue weighted by Crippen LogP contribution is -2.28. The second-order valence-electron chi connectivity index (χ2n) is 6.78. The molecule has 0 atom stereocenters. The minimum atomic E-state index is -4.89. The van der Waals surface area contributed by atoms with Crippen LogP contribution in [0.4, 0.5) is 27.6 Å². The lowest BCUT2D eigenvalue weighted by Gasteiger charge is -2.14. The first kappa shape index (κ1) is 19.1. The standard InChI is InChI=1S/C20H13F5N2O2/c21-14-4-2-1-3-12(14)16-10-17(27-29-16)19(7-8-19)18(28)26-11-5-6-15(22)13(9-11)20(23,24)25/h1-6,9-10H,7-8H2,(H,26,28). The van der Waals surface area contributed by atoms with Crippen LogP contribution in [0.25, 0.3) is 11.3 Å². The fourth-order valence-electron chi connectivity index (χ4n) is 3.08. The Labute approximate surface area is 161 Å². The predicted octanol–water partition coefficient (Wildman–Crippen LogP) is 5.31. The molecular weight excluding hydrogens is 395 g/mol. The third-order valence-corrected chi connectivity index (χ3v) is 4.85. The van der Waals surface area contributed by atoms with Gasteiger partial charge in [0.05, 0.1) is 22.2 Å². The van der Waals surface area contributed by atoms with Crippen LogP contribution in [-0.4, -0.2) is 11.1 Å². The van der Waals surface area contributed by atoms with E-state index in [4.69, 9.17) is 4.52 Å². The molecule has 4 nitrogen and oxygen atoms in total. The van der Waals surface area contributed by atoms with Gasteiger partial charge in [0, 0.05) is 11.8 Å². The molecule has 3 aromatic rings. The molecule has 0 saturated heterocycles. The van der Waals surface area contributed by atoms with Crippen LogP contribution >= 0.6 is 0 Å². The second kappa shape index (κ2) is 6.68. The lowest BCUT2D eigenvalue weighted by molar-refractivity contribution is -0.140. The van der Waals surface area contributed by atoms with Crippen molar-refractivity contribution >= 4 is 11.6 Å². The van der Waals surface area contributed by atoms with E-state index in [0.29, 0.717) is 25.0 Å². The first-order chi connectivity index (χ1) is 13.7. The van der Waals surface area contributed by atoms with E-state index in [9.17, 15) is 26.7 Å². The van der Waals surface area contributed by atoms with E-state index in [2.05, 4.69) is 10.5 Å². The van der Waals surface area contributed by atoms with E-state index in [1.165, 1.54) is 24.3 Å². The number of carbonyl (C=O) groups excluding carboxylic acids is 1. The Bertz CT molecular complexity index is 1090. The van der Waals surface area contributed by atoms with Gasteiger partial charge in [-0.05, 0) is 43.2 Å². The molecule has 29 heavy (non-hydrogen) atoms. The van der Waals surface area contributed by atoms with Crippen molar-refractivity contribution < 1.29 is 31.3 Å². The number of halogens is 5. The summed E-state index contributed by atoms with van der Waals surface area (Å²) in [4.78, 5) is 12.7. The highest BCUT2D eigenvalue weighted by atomic mass is 19.4. The fraction of sp³-hybridized carbons (Fsp3) is 0.200. The average Bonchev–Trinajstić information content (AvgIpc) is 3.33. The molecule has 0 spiro atoms. The number of alkyl halides is 3. The highest BCUT2D eigenvalue weighted by Crippen LogP contribution is 2.49. The summed E-state index contributed by atoms with van der Waals surface area (Å²) in [5.74, 6) is -2.40. The number of rotatable bonds is 4. The van der Waals surface area contributed by atoms with Crippen molar-refractivity contribution in [2.75, 3.05) is 5.32 Å². The Morgan fingerprint density at radius 1 is 1.03 bits per heavy atom. The molecule has 1 heterocycles. The molecule has 150 valence electrons. The highest BCUT2D eigenvalue weighted by molar-refractivity contribution is 6.01. The number of nitrogens with one attached hydrogen (secondary N) is 1. The molecular formula is C20H13F5N2O2. The van der Waals surface area contributed by atoms with Crippen molar-refractivity contribution in [1.29, 1.82) is 0 Å². The van der Waals surface area contributed by atoms with Crippen LogP contribution in [0.1, 0.15) is 24.1 Å². The molecule has 0 radical (unpaired) electrons. The predicted molar refractivity (Wildman–Crippen MR) is 92.8 cm³/mol. The summed E-state index contributed by atoms with van der Waals surface area (Å²) in [6.07, 6.45) is -4.09. The Morgan fingerprint density at radius 2 is 1.76 bits per heavy atom. The molecule has 0 unspecified atom stereocenters. The van der Waals surface area contributed by atoms with Gasteiger partial charge < -0.3 is 9.84 Å². The van der Waals surface area contributed by atoms with Gasteiger partial charge in [0.2, 0.25) is 5.91 Å². The Balaban J connectivity index is 1.58. The highest BCUT2D eigenvalue weighted by Gasteiger charge is 2.54. The van der Waals surface area contributed by atoms with Gasteiger partial charge in [-0.2, -0.15) is 13.2 Å². The summed E-state index contributed by atoms with van der Waals surface area (Å²) in [6, 6.07) is 9.56. The van der Waals surface area contributed by atoms with Crippen molar-refractivity contribution in [3.05, 3.63) is 71.4 Å². The van der Waals surface area contributed by atoms with Gasteiger partial charge in [0.25, 0.3) is 0 Å². The molecule has 1 aromatic heterocycles. The van der Waals surface area contributed by atoms with Gasteiger partial charge in [0.15, 0.2) is 5.76 Å². The maximum atomic E-state index is 13.9. The van der Waals surface area contributed by atoms with E-state index < -0.39 is 34.7 Å². The third-order valence-electron chi connectivity index (χ3n) is 4.85. The van der Waals surface area contributed by atoms with Crippen LogP contribution in [0.15, 0.2) is 53.1 Å². The Morgan fingerprint density at radius 3 is 2.41 bits per heavy atom. The number of anilines is 1. The van der Waals surface area contributed by atoms with Crippen LogP contribution < -0.4 is 5.32 Å². The smallest absolute Gasteiger partial charge is 0.356 e. The summed E-state index contributed by atoms with van der Waals surface area (Å²) in [6.45, 7) is 0. The zero-order valence-corrected chi connectivity index (χ0v) is 14.7. The minimum absolute atomic E-state index is 0.137. The molecule has 1 aliphatic carbocycles. The van der Waals surface area contributed by atoms with E-state index in [1.54, 1.807) is 6.07 Å². The molecule has 0 bridgehead atoms. The van der Waals surface area contributed by atoms with E-state index in [1.807, 2.05) is 0 Å². The SMILES string of the molecule is O=C(Nc1ccc(F)c(C(F)(F)F)c1)C1(c2cc(-c3ccccc3F)on2)CC1. The average molecular weight is 408 g/mol. The van der Waals surface area contributed by atoms with E-state index in [0.717, 1.165) is 6.07 Å². The van der Waals surface area contributed by atoms with Gasteiger partial charge in [-0.3, -0.25) is 4.79 Å². The van der Waals surface area contributed by atoms with Gasteiger partial charge in [0.1, 0.15) is 11.6 Å². The molecule has 1 aliphatic rings. The summed E-state index contributed by atoms with van der Waals surface area (Å²) >= 11 is 0. The topological polar surface area (TPSA) is 55.1 Å². The quantitative estimate of drug-likeness (QED) is 0.596. The largest absolute Gasteiger partial charge is 0.419 e. The maximum absolute atomic E-state index is 13.9. The van der Waals surface area contributed by atoms with Crippen LogP contribution in [0.2, 0.25) is 0 Å². The number of carbonyl (C=O) groups is 1. The van der Waals surface area contributed by atoms with Crippen molar-refractivity contribution in [2.24, 2.45) is 0 Å². The first-order valence-electron chi connectivity index (χ1n) is 8.61. The summed E-state index contributed by atoms with van der Waals surface area (Å²) in [5, 5.41) is 6.24. The van der Waals surface area contributed by atoms with E-state index >= 15 is 0 Å². The second-order valence-corrected chi connectivity index (χ2v) is 6.78. The van der Waals surface area contributed by atoms with Crippen LogP contribution in [0.5, 0.6) is 0 Å². The van der Waals surface area contributed by atoms with Gasteiger partial charge in [-0.25, -0.2) is 8.78 Å². The Kier molecular flexibility index (Phi) is 4.40. The molecule has 1 fully saturated rings. The molecule has 1 saturated carbocycles. The summed E-state index contributed by atoms with van der Waals surface area (Å²) in [7, 11) is 0. The summed E-state index contributed by atoms with van der Waals surface area (Å²) < 4.78 is 71.1. The molecule has 2 aromatic carbocycles. The van der Waals surface area contributed by atoms with Gasteiger partial charge in [-0.1, -0.05) is 17.3 Å². The number of aromatic nitrogens is 1. The van der Waals surface area contributed by atoms with Crippen LogP contribution in [-0.2, 0) is 16.4 Å². The lowest BCUT2D eigenvalue weighted by atomic mass is 10.00. The van der Waals surface area contributed by atoms with E-state index in [-0.39, 0.29) is 22.7 Å². The number of nitrogens with zero attached hydrogens (tertiary/aromatic N) is 1. The van der Waals surface area contributed by atoms with Crippen molar-refractivity contribution in [3.8, 4) is 11.3 Å². The number of amides is 1. The van der Waals surface area contributed by atoms with Crippen LogP contribution in [0, 0.1) is 11.6 Å². The monoisotopic (exact) mass is 408 g/mol. The minimum Gasteiger partial charge on any atom is -0.356 e. The zero-order valence-electron chi connectivity index (χ0n) is 14.7. The summed E-state index contributed by atoms with van der Waals surface area (Å²) in [5.41, 5.74) is -2.31. The van der Waals surface area contributed by atoms with Crippen LogP contribution in [0.3, 0.4) is 0 Å². The Hall–Kier alpha value is -3.23. The van der Waals surface area contributed by atoms with Crippen molar-refractivity contribution in [2.45, 2.75) is 24.4 Å². The molecule has 0 aliphatic heterocycles.